The van der Waals surface area contributed by atoms with Gasteiger partial charge in [-0.15, -0.1) is 0 Å². The van der Waals surface area contributed by atoms with Crippen LogP contribution in [0.15, 0.2) is 71.2 Å². The molecule has 0 amide bonds. The van der Waals surface area contributed by atoms with E-state index in [1.807, 2.05) is 30.3 Å². The molecule has 0 saturated heterocycles. The fourth-order valence-electron chi connectivity index (χ4n) is 6.45. The van der Waals surface area contributed by atoms with Crippen LogP contribution in [0.2, 0.25) is 0 Å². The van der Waals surface area contributed by atoms with Gasteiger partial charge in [0, 0.05) is 28.2 Å². The molecule has 0 radical (unpaired) electrons. The monoisotopic (exact) mass is 720 g/mol. The normalized spacial score (nSPS) is 14.8. The van der Waals surface area contributed by atoms with Gasteiger partial charge in [-0.3, -0.25) is 14.5 Å². The highest BCUT2D eigenvalue weighted by molar-refractivity contribution is 9.10. The van der Waals surface area contributed by atoms with Crippen molar-refractivity contribution in [2.75, 3.05) is 45.1 Å². The van der Waals surface area contributed by atoms with E-state index in [4.69, 9.17) is 15.2 Å². The van der Waals surface area contributed by atoms with Crippen LogP contribution < -0.4 is 10.6 Å². The number of nitrogens with zero attached hydrogens (tertiary/aromatic N) is 1. The summed E-state index contributed by atoms with van der Waals surface area (Å²) in [5.74, 6) is -1.31. The number of ketones is 1. The lowest BCUT2D eigenvalue weighted by Crippen LogP contribution is -3.13. The Morgan fingerprint density at radius 1 is 0.875 bits per heavy atom. The lowest BCUT2D eigenvalue weighted by atomic mass is 9.93. The summed E-state index contributed by atoms with van der Waals surface area (Å²) in [7, 11) is 0. The van der Waals surface area contributed by atoms with Crippen molar-refractivity contribution in [2.24, 2.45) is 0 Å². The number of nitrogens with two attached hydrogens (primary N) is 1. The highest BCUT2D eigenvalue weighted by Crippen LogP contribution is 2.30. The molecule has 4 rings (SSSR count). The van der Waals surface area contributed by atoms with Crippen molar-refractivity contribution in [1.29, 1.82) is 0 Å². The van der Waals surface area contributed by atoms with E-state index < -0.39 is 5.92 Å². The molecule has 0 aliphatic heterocycles. The summed E-state index contributed by atoms with van der Waals surface area (Å²) in [5, 5.41) is 0. The van der Waals surface area contributed by atoms with Crippen LogP contribution in [0.1, 0.15) is 103 Å². The zero-order valence-corrected chi connectivity index (χ0v) is 30.2. The number of esters is 2. The SMILES string of the molecule is CCC[NH+](CCOC(=O)c1cc(Br)c(N)c(CN(CC)C2CCCCC2)c1)CCOC(=O)C(C)c1cccc(C(=O)c2ccccc2)c1. The lowest BCUT2D eigenvalue weighted by molar-refractivity contribution is -0.900. The van der Waals surface area contributed by atoms with Crippen LogP contribution in [0.25, 0.3) is 0 Å². The smallest absolute Gasteiger partial charge is 0.338 e. The van der Waals surface area contributed by atoms with Crippen molar-refractivity contribution in [3.05, 3.63) is 99.0 Å². The van der Waals surface area contributed by atoms with Crippen molar-refractivity contribution in [3.8, 4) is 0 Å². The molecule has 0 bridgehead atoms. The van der Waals surface area contributed by atoms with E-state index >= 15 is 0 Å². The van der Waals surface area contributed by atoms with Crippen LogP contribution in [0.4, 0.5) is 5.69 Å². The molecule has 1 aliphatic carbocycles. The number of halogens is 1. The van der Waals surface area contributed by atoms with Crippen molar-refractivity contribution in [2.45, 2.75) is 77.8 Å². The average molecular weight is 722 g/mol. The predicted octanol–water partition coefficient (Wildman–Crippen LogP) is 6.22. The number of nitrogen functional groups attached to an aromatic ring is 1. The number of hydrogen-bond acceptors (Lipinski definition) is 7. The molecule has 2 unspecified atom stereocenters. The second-order valence-corrected chi connectivity index (χ2v) is 13.6. The van der Waals surface area contributed by atoms with Crippen LogP contribution in [0.5, 0.6) is 0 Å². The molecule has 1 fully saturated rings. The van der Waals surface area contributed by atoms with E-state index in [9.17, 15) is 14.4 Å². The summed E-state index contributed by atoms with van der Waals surface area (Å²) in [4.78, 5) is 42.6. The molecular formula is C39H51BrN3O5+. The standard InChI is InChI=1S/C39H50BrN3O5/c1-4-19-42(20-22-47-38(45)28(3)30-15-12-16-31(24-30)37(44)29-13-8-6-9-14-29)21-23-48-39(46)32-25-33(36(41)35(40)26-32)27-43(5-2)34-17-10-7-11-18-34/h6,8-9,12-16,24-26,28,34H,4-5,7,10-11,17-23,27,41H2,1-3H3/p+1. The van der Waals surface area contributed by atoms with Gasteiger partial charge in [0.1, 0.15) is 26.3 Å². The average Bonchev–Trinajstić information content (AvgIpc) is 3.12. The van der Waals surface area contributed by atoms with E-state index in [0.717, 1.165) is 30.6 Å². The Balaban J connectivity index is 1.26. The number of carbonyl (C=O) groups is 3. The maximum absolute atomic E-state index is 13.1. The van der Waals surface area contributed by atoms with E-state index in [0.29, 0.717) is 52.5 Å². The van der Waals surface area contributed by atoms with Crippen LogP contribution >= 0.6 is 15.9 Å². The number of carbonyl (C=O) groups excluding carboxylic acids is 3. The van der Waals surface area contributed by atoms with Crippen molar-refractivity contribution >= 4 is 39.3 Å². The molecule has 9 heteroatoms. The predicted molar refractivity (Wildman–Crippen MR) is 193 cm³/mol. The van der Waals surface area contributed by atoms with Crippen LogP contribution in [0.3, 0.4) is 0 Å². The number of benzene rings is 3. The second kappa shape index (κ2) is 18.9. The number of ether oxygens (including phenoxy) is 2. The first-order chi connectivity index (χ1) is 23.2. The number of hydrogen-bond donors (Lipinski definition) is 2. The molecule has 3 aromatic carbocycles. The fourth-order valence-corrected chi connectivity index (χ4v) is 6.95. The first-order valence-electron chi connectivity index (χ1n) is 17.4. The van der Waals surface area contributed by atoms with Crippen LogP contribution in [0, 0.1) is 0 Å². The third-order valence-electron chi connectivity index (χ3n) is 9.35. The van der Waals surface area contributed by atoms with Gasteiger partial charge < -0.3 is 20.1 Å². The molecule has 0 aromatic heterocycles. The molecular weight excluding hydrogens is 670 g/mol. The Morgan fingerprint density at radius 2 is 1.56 bits per heavy atom. The van der Waals surface area contributed by atoms with Crippen LogP contribution in [-0.2, 0) is 20.8 Å². The Morgan fingerprint density at radius 3 is 2.25 bits per heavy atom. The number of anilines is 1. The van der Waals surface area contributed by atoms with Gasteiger partial charge in [0.15, 0.2) is 5.78 Å². The molecule has 1 saturated carbocycles. The highest BCUT2D eigenvalue weighted by Gasteiger charge is 2.23. The fraction of sp³-hybridized carbons (Fsp3) is 0.462. The van der Waals surface area contributed by atoms with E-state index in [-0.39, 0.29) is 30.9 Å². The van der Waals surface area contributed by atoms with Gasteiger partial charge in [0.2, 0.25) is 0 Å². The van der Waals surface area contributed by atoms with Crippen molar-refractivity contribution < 1.29 is 28.8 Å². The Labute approximate surface area is 294 Å². The summed E-state index contributed by atoms with van der Waals surface area (Å²) in [6.45, 7) is 10.3. The molecule has 0 heterocycles. The zero-order chi connectivity index (χ0) is 34.5. The van der Waals surface area contributed by atoms with E-state index in [2.05, 4.69) is 34.7 Å². The topological polar surface area (TPSA) is 103 Å². The minimum absolute atomic E-state index is 0.0835. The minimum Gasteiger partial charge on any atom is -0.459 e. The number of rotatable bonds is 17. The van der Waals surface area contributed by atoms with Gasteiger partial charge in [-0.1, -0.05) is 81.6 Å². The Hall–Kier alpha value is -3.53. The molecule has 1 aliphatic rings. The Bertz CT molecular complexity index is 1510. The lowest BCUT2D eigenvalue weighted by Gasteiger charge is -2.34. The number of nitrogens with one attached hydrogen (secondary N) is 1. The molecule has 3 aromatic rings. The summed E-state index contributed by atoms with van der Waals surface area (Å²) in [5.41, 5.74) is 10.4. The minimum atomic E-state index is -0.514. The first kappa shape index (κ1) is 37.3. The molecule has 3 N–H and O–H groups in total. The quantitative estimate of drug-likeness (QED) is 0.0971. The maximum atomic E-state index is 13.1. The Kier molecular flexibility index (Phi) is 14.7. The third-order valence-corrected chi connectivity index (χ3v) is 10.0. The third kappa shape index (κ3) is 10.5. The summed E-state index contributed by atoms with van der Waals surface area (Å²) in [6.07, 6.45) is 7.18. The summed E-state index contributed by atoms with van der Waals surface area (Å²) in [6, 6.07) is 20.4. The molecule has 8 nitrogen and oxygen atoms in total. The van der Waals surface area contributed by atoms with Gasteiger partial charge in [-0.25, -0.2) is 4.79 Å². The van der Waals surface area contributed by atoms with Gasteiger partial charge in [0.25, 0.3) is 0 Å². The van der Waals surface area contributed by atoms with Crippen LogP contribution in [-0.4, -0.2) is 68.1 Å². The first-order valence-corrected chi connectivity index (χ1v) is 18.2. The van der Waals surface area contributed by atoms with E-state index in [1.54, 1.807) is 43.3 Å². The molecule has 258 valence electrons. The second-order valence-electron chi connectivity index (χ2n) is 12.7. The van der Waals surface area contributed by atoms with Gasteiger partial charge >= 0.3 is 11.9 Å². The molecule has 0 spiro atoms. The number of quaternary nitrogens is 1. The van der Waals surface area contributed by atoms with Gasteiger partial charge in [0.05, 0.1) is 23.7 Å². The van der Waals surface area contributed by atoms with Crippen molar-refractivity contribution in [3.63, 3.8) is 0 Å². The largest absolute Gasteiger partial charge is 0.459 e. The molecule has 2 atom stereocenters. The summed E-state index contributed by atoms with van der Waals surface area (Å²) < 4.78 is 12.1. The summed E-state index contributed by atoms with van der Waals surface area (Å²) >= 11 is 3.56. The maximum Gasteiger partial charge on any atom is 0.338 e. The van der Waals surface area contributed by atoms with Crippen molar-refractivity contribution in [1.82, 2.24) is 4.90 Å². The van der Waals surface area contributed by atoms with E-state index in [1.165, 1.54) is 37.0 Å². The van der Waals surface area contributed by atoms with Gasteiger partial charge in [-0.2, -0.15) is 0 Å². The molecule has 48 heavy (non-hydrogen) atoms. The highest BCUT2D eigenvalue weighted by atomic mass is 79.9. The van der Waals surface area contributed by atoms with Gasteiger partial charge in [-0.05, 0) is 78.0 Å². The zero-order valence-electron chi connectivity index (χ0n) is 28.6.